The van der Waals surface area contributed by atoms with E-state index >= 15 is 0 Å². The molecule has 1 amide bonds. The monoisotopic (exact) mass is 435 g/mol. The lowest BCUT2D eigenvalue weighted by Crippen LogP contribution is -2.21. The van der Waals surface area contributed by atoms with E-state index in [9.17, 15) is 18.0 Å². The molecule has 0 fully saturated rings. The topological polar surface area (TPSA) is 38.3 Å². The Morgan fingerprint density at radius 3 is 2.41 bits per heavy atom. The molecule has 0 saturated carbocycles. The van der Waals surface area contributed by atoms with Gasteiger partial charge in [-0.25, -0.2) is 13.2 Å². The molecule has 138 valence electrons. The molecule has 0 unspecified atom stereocenters. The quantitative estimate of drug-likeness (QED) is 0.570. The summed E-state index contributed by atoms with van der Waals surface area (Å²) in [4.78, 5) is 12.2. The third kappa shape index (κ3) is 4.68. The van der Waals surface area contributed by atoms with Crippen molar-refractivity contribution < 1.29 is 22.7 Å². The predicted molar refractivity (Wildman–Crippen MR) is 100 cm³/mol. The molecule has 0 atom stereocenters. The first-order chi connectivity index (χ1) is 12.9. The van der Waals surface area contributed by atoms with Crippen molar-refractivity contribution in [3.63, 3.8) is 0 Å². The Labute approximate surface area is 161 Å². The van der Waals surface area contributed by atoms with Gasteiger partial charge in [-0.2, -0.15) is 0 Å². The summed E-state index contributed by atoms with van der Waals surface area (Å²) >= 11 is 3.12. The Bertz CT molecular complexity index is 980. The van der Waals surface area contributed by atoms with Crippen molar-refractivity contribution in [2.75, 3.05) is 11.9 Å². The van der Waals surface area contributed by atoms with Crippen LogP contribution in [-0.2, 0) is 4.79 Å². The van der Waals surface area contributed by atoms with Crippen LogP contribution in [0, 0.1) is 17.5 Å². The first-order valence-electron chi connectivity index (χ1n) is 7.86. The van der Waals surface area contributed by atoms with Crippen LogP contribution >= 0.6 is 15.9 Å². The van der Waals surface area contributed by atoms with Gasteiger partial charge in [0.25, 0.3) is 5.91 Å². The number of carbonyl (C=O) groups is 1. The van der Waals surface area contributed by atoms with Gasteiger partial charge in [0.1, 0.15) is 11.6 Å². The van der Waals surface area contributed by atoms with Crippen LogP contribution in [0.15, 0.2) is 65.1 Å². The molecule has 0 aliphatic heterocycles. The molecule has 0 aliphatic carbocycles. The smallest absolute Gasteiger partial charge is 0.262 e. The molecule has 0 radical (unpaired) electrons. The number of anilines is 1. The molecule has 0 spiro atoms. The minimum absolute atomic E-state index is 0.115. The number of benzene rings is 3. The average molecular weight is 436 g/mol. The zero-order chi connectivity index (χ0) is 19.4. The van der Waals surface area contributed by atoms with Crippen LogP contribution in [0.4, 0.5) is 18.9 Å². The molecule has 3 nitrogen and oxygen atoms in total. The molecule has 3 rings (SSSR count). The highest BCUT2D eigenvalue weighted by Gasteiger charge is 2.16. The fourth-order valence-corrected chi connectivity index (χ4v) is 2.79. The van der Waals surface area contributed by atoms with Crippen molar-refractivity contribution in [3.8, 4) is 16.9 Å². The number of rotatable bonds is 5. The van der Waals surface area contributed by atoms with E-state index in [1.165, 1.54) is 12.1 Å². The van der Waals surface area contributed by atoms with Crippen LogP contribution in [-0.4, -0.2) is 12.5 Å². The number of hydrogen-bond donors (Lipinski definition) is 1. The number of halogens is 4. The van der Waals surface area contributed by atoms with Crippen LogP contribution in [0.3, 0.4) is 0 Å². The molecule has 3 aromatic rings. The van der Waals surface area contributed by atoms with Gasteiger partial charge < -0.3 is 10.1 Å². The van der Waals surface area contributed by atoms with E-state index in [0.29, 0.717) is 16.1 Å². The lowest BCUT2D eigenvalue weighted by molar-refractivity contribution is -0.118. The summed E-state index contributed by atoms with van der Waals surface area (Å²) in [7, 11) is 0. The van der Waals surface area contributed by atoms with Crippen molar-refractivity contribution in [3.05, 3.63) is 82.6 Å². The number of carbonyl (C=O) groups excluding carboxylic acids is 1. The maximum Gasteiger partial charge on any atom is 0.262 e. The standard InChI is InChI=1S/C20H13BrF3NO2/c21-13-6-7-18(16(23)8-13)27-11-19(26)25-20-15(9-14(22)10-17(20)24)12-4-2-1-3-5-12/h1-10H,11H2,(H,25,26). The van der Waals surface area contributed by atoms with E-state index in [-0.39, 0.29) is 17.0 Å². The van der Waals surface area contributed by atoms with Crippen LogP contribution in [0.5, 0.6) is 5.75 Å². The fraction of sp³-hybridized carbons (Fsp3) is 0.0500. The Morgan fingerprint density at radius 2 is 1.70 bits per heavy atom. The van der Waals surface area contributed by atoms with Gasteiger partial charge in [-0.3, -0.25) is 4.79 Å². The van der Waals surface area contributed by atoms with Gasteiger partial charge in [-0.1, -0.05) is 46.3 Å². The zero-order valence-corrected chi connectivity index (χ0v) is 15.4. The van der Waals surface area contributed by atoms with Gasteiger partial charge >= 0.3 is 0 Å². The second-order valence-corrected chi connectivity index (χ2v) is 6.50. The molecular formula is C20H13BrF3NO2. The van der Waals surface area contributed by atoms with Crippen LogP contribution in [0.1, 0.15) is 0 Å². The number of hydrogen-bond acceptors (Lipinski definition) is 2. The number of ether oxygens (including phenoxy) is 1. The highest BCUT2D eigenvalue weighted by molar-refractivity contribution is 9.10. The Hall–Kier alpha value is -2.80. The summed E-state index contributed by atoms with van der Waals surface area (Å²) in [6, 6.07) is 14.4. The van der Waals surface area contributed by atoms with Crippen LogP contribution < -0.4 is 10.1 Å². The van der Waals surface area contributed by atoms with E-state index < -0.39 is 30.0 Å². The molecule has 0 heterocycles. The summed E-state index contributed by atoms with van der Waals surface area (Å²) in [5.41, 5.74) is 0.551. The second kappa shape index (κ2) is 8.26. The molecule has 0 aliphatic rings. The highest BCUT2D eigenvalue weighted by atomic mass is 79.9. The highest BCUT2D eigenvalue weighted by Crippen LogP contribution is 2.31. The summed E-state index contributed by atoms with van der Waals surface area (Å²) in [5, 5.41) is 2.37. The summed E-state index contributed by atoms with van der Waals surface area (Å²) < 4.78 is 47.3. The van der Waals surface area contributed by atoms with E-state index in [1.807, 2.05) is 0 Å². The van der Waals surface area contributed by atoms with Gasteiger partial charge in [0.15, 0.2) is 18.2 Å². The summed E-state index contributed by atoms with van der Waals surface area (Å²) in [5.74, 6) is -3.15. The molecule has 0 saturated heterocycles. The molecule has 27 heavy (non-hydrogen) atoms. The third-order valence-corrected chi connectivity index (χ3v) is 4.15. The van der Waals surface area contributed by atoms with Crippen molar-refractivity contribution in [1.82, 2.24) is 0 Å². The molecule has 0 aromatic heterocycles. The molecule has 7 heteroatoms. The van der Waals surface area contributed by atoms with Gasteiger partial charge in [0, 0.05) is 16.1 Å². The minimum Gasteiger partial charge on any atom is -0.481 e. The fourth-order valence-electron chi connectivity index (χ4n) is 2.46. The van der Waals surface area contributed by atoms with E-state index in [0.717, 1.165) is 6.07 Å². The number of nitrogens with one attached hydrogen (secondary N) is 1. The first-order valence-corrected chi connectivity index (χ1v) is 8.65. The zero-order valence-electron chi connectivity index (χ0n) is 13.8. The molecular weight excluding hydrogens is 423 g/mol. The summed E-state index contributed by atoms with van der Waals surface area (Å²) in [6.45, 7) is -0.538. The third-order valence-electron chi connectivity index (χ3n) is 3.66. The van der Waals surface area contributed by atoms with E-state index in [1.54, 1.807) is 36.4 Å². The largest absolute Gasteiger partial charge is 0.481 e. The van der Waals surface area contributed by atoms with Gasteiger partial charge in [-0.05, 0) is 29.8 Å². The lowest BCUT2D eigenvalue weighted by atomic mass is 10.0. The van der Waals surface area contributed by atoms with Gasteiger partial charge in [0.05, 0.1) is 5.69 Å². The van der Waals surface area contributed by atoms with Gasteiger partial charge in [0.2, 0.25) is 0 Å². The SMILES string of the molecule is O=C(COc1ccc(Br)cc1F)Nc1c(F)cc(F)cc1-c1ccccc1. The predicted octanol–water partition coefficient (Wildman–Crippen LogP) is 5.55. The average Bonchev–Trinajstić information content (AvgIpc) is 2.63. The molecule has 3 aromatic carbocycles. The lowest BCUT2D eigenvalue weighted by Gasteiger charge is -2.13. The minimum atomic E-state index is -0.919. The Morgan fingerprint density at radius 1 is 0.963 bits per heavy atom. The molecule has 1 N–H and O–H groups in total. The van der Waals surface area contributed by atoms with Crippen LogP contribution in [0.2, 0.25) is 0 Å². The summed E-state index contributed by atoms with van der Waals surface area (Å²) in [6.07, 6.45) is 0. The van der Waals surface area contributed by atoms with Gasteiger partial charge in [-0.15, -0.1) is 0 Å². The van der Waals surface area contributed by atoms with Crippen LogP contribution in [0.25, 0.3) is 11.1 Å². The Balaban J connectivity index is 1.79. The maximum atomic E-state index is 14.3. The van der Waals surface area contributed by atoms with Crippen molar-refractivity contribution in [1.29, 1.82) is 0 Å². The van der Waals surface area contributed by atoms with Crippen molar-refractivity contribution in [2.24, 2.45) is 0 Å². The maximum absolute atomic E-state index is 14.3. The first kappa shape index (κ1) is 19.0. The molecule has 0 bridgehead atoms. The van der Waals surface area contributed by atoms with Crippen molar-refractivity contribution >= 4 is 27.5 Å². The normalized spacial score (nSPS) is 10.5. The van der Waals surface area contributed by atoms with Crippen molar-refractivity contribution in [2.45, 2.75) is 0 Å². The second-order valence-electron chi connectivity index (χ2n) is 5.59. The van der Waals surface area contributed by atoms with E-state index in [4.69, 9.17) is 4.74 Å². The Kier molecular flexibility index (Phi) is 5.81. The number of amides is 1. The van der Waals surface area contributed by atoms with E-state index in [2.05, 4.69) is 21.2 Å².